The van der Waals surface area contributed by atoms with E-state index in [9.17, 15) is 14.7 Å². The molecular formula is C23H25N3O4. The van der Waals surface area contributed by atoms with Crippen LogP contribution in [0.15, 0.2) is 53.3 Å². The Morgan fingerprint density at radius 2 is 1.87 bits per heavy atom. The number of carbonyl (C=O) groups is 1. The molecule has 2 heterocycles. The quantitative estimate of drug-likeness (QED) is 0.500. The molecule has 7 heteroatoms. The van der Waals surface area contributed by atoms with Crippen LogP contribution in [0, 0.1) is 5.92 Å². The topological polar surface area (TPSA) is 84.4 Å². The van der Waals surface area contributed by atoms with Gasteiger partial charge in [-0.15, -0.1) is 0 Å². The van der Waals surface area contributed by atoms with Crippen molar-refractivity contribution in [3.05, 3.63) is 70.3 Å². The van der Waals surface area contributed by atoms with Gasteiger partial charge in [-0.05, 0) is 42.7 Å². The van der Waals surface area contributed by atoms with Crippen LogP contribution in [0.2, 0.25) is 0 Å². The van der Waals surface area contributed by atoms with Gasteiger partial charge in [0.15, 0.2) is 6.04 Å². The predicted molar refractivity (Wildman–Crippen MR) is 114 cm³/mol. The van der Waals surface area contributed by atoms with Crippen LogP contribution in [-0.4, -0.2) is 33.4 Å². The molecule has 0 radical (unpaired) electrons. The second kappa shape index (κ2) is 7.82. The lowest BCUT2D eigenvalue weighted by Crippen LogP contribution is -2.36. The van der Waals surface area contributed by atoms with E-state index in [1.807, 2.05) is 12.1 Å². The number of hydrogen-bond acceptors (Lipinski definition) is 6. The van der Waals surface area contributed by atoms with Crippen LogP contribution in [0.1, 0.15) is 38.2 Å². The van der Waals surface area contributed by atoms with Crippen molar-refractivity contribution >= 4 is 16.9 Å². The van der Waals surface area contributed by atoms with E-state index in [0.29, 0.717) is 23.1 Å². The average Bonchev–Trinajstić information content (AvgIpc) is 3.43. The molecule has 1 aliphatic heterocycles. The Morgan fingerprint density at radius 1 is 1.17 bits per heavy atom. The molecule has 2 aromatic carbocycles. The highest BCUT2D eigenvalue weighted by Gasteiger charge is 2.56. The smallest absolute Gasteiger partial charge is 0.333 e. The van der Waals surface area contributed by atoms with Gasteiger partial charge in [-0.2, -0.15) is 0 Å². The minimum absolute atomic E-state index is 0.142. The van der Waals surface area contributed by atoms with Crippen molar-refractivity contribution in [2.24, 2.45) is 5.92 Å². The van der Waals surface area contributed by atoms with Crippen LogP contribution in [0.4, 0.5) is 0 Å². The van der Waals surface area contributed by atoms with Crippen molar-refractivity contribution in [2.75, 3.05) is 11.6 Å². The number of rotatable bonds is 6. The molecule has 2 atom stereocenters. The SMILES string of the molecule is CCOC(=O)[C@H]1[C@H](c2ccc(O)cc2)N1n1c(CC(C)C)nc2ccccc2c1=O. The van der Waals surface area contributed by atoms with Gasteiger partial charge in [0.2, 0.25) is 0 Å². The number of para-hydroxylation sites is 1. The number of carbonyl (C=O) groups excluding carboxylic acids is 1. The van der Waals surface area contributed by atoms with Gasteiger partial charge in [0, 0.05) is 6.42 Å². The van der Waals surface area contributed by atoms with Crippen LogP contribution < -0.4 is 10.6 Å². The number of aromatic nitrogens is 2. The molecule has 1 saturated heterocycles. The highest BCUT2D eigenvalue weighted by molar-refractivity contribution is 5.85. The molecule has 1 aliphatic rings. The second-order valence-corrected chi connectivity index (χ2v) is 7.87. The van der Waals surface area contributed by atoms with Crippen LogP contribution in [-0.2, 0) is 16.0 Å². The normalized spacial score (nSPS) is 18.1. The fourth-order valence-electron chi connectivity index (χ4n) is 3.84. The number of benzene rings is 2. The Hall–Kier alpha value is -3.35. The summed E-state index contributed by atoms with van der Waals surface area (Å²) in [5, 5.41) is 11.9. The predicted octanol–water partition coefficient (Wildman–Crippen LogP) is 2.93. The van der Waals surface area contributed by atoms with E-state index >= 15 is 0 Å². The molecule has 0 amide bonds. The zero-order valence-electron chi connectivity index (χ0n) is 17.3. The summed E-state index contributed by atoms with van der Waals surface area (Å²) in [6, 6.07) is 12.9. The molecule has 0 aliphatic carbocycles. The van der Waals surface area contributed by atoms with Gasteiger partial charge in [-0.25, -0.2) is 14.5 Å². The fraction of sp³-hybridized carbons (Fsp3) is 0.348. The molecule has 1 aromatic heterocycles. The van der Waals surface area contributed by atoms with E-state index in [1.54, 1.807) is 53.0 Å². The minimum atomic E-state index is -0.624. The Morgan fingerprint density at radius 3 is 2.53 bits per heavy atom. The third-order valence-corrected chi connectivity index (χ3v) is 5.18. The number of esters is 1. The molecule has 1 N–H and O–H groups in total. The highest BCUT2D eigenvalue weighted by atomic mass is 16.5. The van der Waals surface area contributed by atoms with Crippen LogP contribution >= 0.6 is 0 Å². The van der Waals surface area contributed by atoms with Gasteiger partial charge in [0.05, 0.1) is 17.5 Å². The summed E-state index contributed by atoms with van der Waals surface area (Å²) < 4.78 is 6.82. The molecule has 30 heavy (non-hydrogen) atoms. The van der Waals surface area contributed by atoms with Gasteiger partial charge in [-0.3, -0.25) is 9.80 Å². The summed E-state index contributed by atoms with van der Waals surface area (Å²) in [5.41, 5.74) is 1.26. The zero-order valence-corrected chi connectivity index (χ0v) is 17.3. The molecule has 7 nitrogen and oxygen atoms in total. The molecule has 0 unspecified atom stereocenters. The maximum atomic E-state index is 13.5. The Balaban J connectivity index is 1.87. The first kappa shape index (κ1) is 19.9. The highest BCUT2D eigenvalue weighted by Crippen LogP contribution is 2.42. The number of fused-ring (bicyclic) bond motifs is 1. The monoisotopic (exact) mass is 407 g/mol. The molecule has 3 aromatic rings. The average molecular weight is 407 g/mol. The first-order valence-electron chi connectivity index (χ1n) is 10.2. The number of phenolic OH excluding ortho intramolecular Hbond substituents is 1. The number of ether oxygens (including phenoxy) is 1. The maximum absolute atomic E-state index is 13.5. The summed E-state index contributed by atoms with van der Waals surface area (Å²) in [6.45, 7) is 6.14. The maximum Gasteiger partial charge on any atom is 0.333 e. The number of phenols is 1. The van der Waals surface area contributed by atoms with Gasteiger partial charge in [0.1, 0.15) is 17.6 Å². The molecular weight excluding hydrogens is 382 g/mol. The summed E-state index contributed by atoms with van der Waals surface area (Å²) in [6.07, 6.45) is 0.592. The molecule has 0 saturated carbocycles. The fourth-order valence-corrected chi connectivity index (χ4v) is 3.84. The largest absolute Gasteiger partial charge is 0.508 e. The van der Waals surface area contributed by atoms with Crippen molar-refractivity contribution in [1.29, 1.82) is 0 Å². The first-order chi connectivity index (χ1) is 14.4. The lowest BCUT2D eigenvalue weighted by atomic mass is 10.1. The van der Waals surface area contributed by atoms with Crippen molar-refractivity contribution in [3.8, 4) is 5.75 Å². The summed E-state index contributed by atoms with van der Waals surface area (Å²) in [4.78, 5) is 30.9. The van der Waals surface area contributed by atoms with Crippen LogP contribution in [0.5, 0.6) is 5.75 Å². The standard InChI is InChI=1S/C23H25N3O4/c1-4-30-23(29)21-20(15-9-11-16(27)12-10-15)26(21)25-19(13-14(2)3)24-18-8-6-5-7-17(18)22(25)28/h5-12,14,20-21,27H,4,13H2,1-3H3/t20-,21+,26?/m0/s1. The Labute approximate surface area is 174 Å². The zero-order chi connectivity index (χ0) is 21.4. The number of nitrogens with zero attached hydrogens (tertiary/aromatic N) is 3. The van der Waals surface area contributed by atoms with Gasteiger partial charge in [0.25, 0.3) is 5.56 Å². The molecule has 156 valence electrons. The summed E-state index contributed by atoms with van der Waals surface area (Å²) >= 11 is 0. The third-order valence-electron chi connectivity index (χ3n) is 5.18. The van der Waals surface area contributed by atoms with Crippen LogP contribution in [0.3, 0.4) is 0 Å². The Kier molecular flexibility index (Phi) is 5.20. The van der Waals surface area contributed by atoms with E-state index in [4.69, 9.17) is 9.72 Å². The lowest BCUT2D eigenvalue weighted by molar-refractivity contribution is -0.142. The van der Waals surface area contributed by atoms with Crippen molar-refractivity contribution in [2.45, 2.75) is 39.3 Å². The van der Waals surface area contributed by atoms with E-state index < -0.39 is 6.04 Å². The summed E-state index contributed by atoms with van der Waals surface area (Å²) in [7, 11) is 0. The van der Waals surface area contributed by atoms with E-state index in [-0.39, 0.29) is 35.8 Å². The minimum Gasteiger partial charge on any atom is -0.508 e. The number of hydrogen-bond donors (Lipinski definition) is 1. The first-order valence-corrected chi connectivity index (χ1v) is 10.2. The van der Waals surface area contributed by atoms with Gasteiger partial charge in [-0.1, -0.05) is 38.1 Å². The molecule has 4 rings (SSSR count). The molecule has 1 fully saturated rings. The van der Waals surface area contributed by atoms with Gasteiger partial charge < -0.3 is 9.84 Å². The lowest BCUT2D eigenvalue weighted by Gasteiger charge is -2.17. The molecule has 0 bridgehead atoms. The molecule has 0 spiro atoms. The van der Waals surface area contributed by atoms with E-state index in [2.05, 4.69) is 13.8 Å². The van der Waals surface area contributed by atoms with Crippen LogP contribution in [0.25, 0.3) is 10.9 Å². The summed E-state index contributed by atoms with van der Waals surface area (Å²) in [5.74, 6) is 0.650. The van der Waals surface area contributed by atoms with E-state index in [0.717, 1.165) is 5.56 Å². The third kappa shape index (κ3) is 3.51. The number of aromatic hydroxyl groups is 1. The van der Waals surface area contributed by atoms with Crippen molar-refractivity contribution in [1.82, 2.24) is 9.66 Å². The van der Waals surface area contributed by atoms with Crippen molar-refractivity contribution in [3.63, 3.8) is 0 Å². The Bertz CT molecular complexity index is 1140. The van der Waals surface area contributed by atoms with E-state index in [1.165, 1.54) is 0 Å². The van der Waals surface area contributed by atoms with Crippen molar-refractivity contribution < 1.29 is 14.6 Å². The second-order valence-electron chi connectivity index (χ2n) is 7.87. The van der Waals surface area contributed by atoms with Gasteiger partial charge >= 0.3 is 5.97 Å².